The van der Waals surface area contributed by atoms with Crippen molar-refractivity contribution in [3.05, 3.63) is 46.5 Å². The molecule has 0 aliphatic rings. The first kappa shape index (κ1) is 18.3. The number of anilines is 1. The van der Waals surface area contributed by atoms with Gasteiger partial charge in [0.2, 0.25) is 5.91 Å². The van der Waals surface area contributed by atoms with Crippen molar-refractivity contribution < 1.29 is 18.0 Å². The van der Waals surface area contributed by atoms with E-state index in [1.165, 1.54) is 0 Å². The van der Waals surface area contributed by atoms with Gasteiger partial charge < -0.3 is 5.32 Å². The second kappa shape index (κ2) is 7.21. The maximum absolute atomic E-state index is 13.6. The normalized spacial score (nSPS) is 12.1. The van der Waals surface area contributed by atoms with Crippen LogP contribution in [-0.2, 0) is 4.79 Å². The number of rotatable bonds is 4. The van der Waals surface area contributed by atoms with Gasteiger partial charge >= 0.3 is 0 Å². The Hall–Kier alpha value is -2.09. The molecule has 0 bridgehead atoms. The minimum atomic E-state index is -1.62. The van der Waals surface area contributed by atoms with Crippen molar-refractivity contribution >= 4 is 23.4 Å². The average Bonchev–Trinajstić information content (AvgIpc) is 2.53. The topological polar surface area (TPSA) is 54.9 Å². The quantitative estimate of drug-likeness (QED) is 0.513. The van der Waals surface area contributed by atoms with Crippen molar-refractivity contribution in [2.75, 3.05) is 5.32 Å². The Morgan fingerprint density at radius 3 is 2.25 bits per heavy atom. The third-order valence-corrected chi connectivity index (χ3v) is 4.52. The van der Waals surface area contributed by atoms with Crippen LogP contribution in [0, 0.1) is 38.2 Å². The summed E-state index contributed by atoms with van der Waals surface area (Å²) in [6, 6.07) is 1.72. The van der Waals surface area contributed by atoms with Gasteiger partial charge in [-0.2, -0.15) is 0 Å². The maximum Gasteiger partial charge on any atom is 0.237 e. The minimum Gasteiger partial charge on any atom is -0.323 e. The summed E-state index contributed by atoms with van der Waals surface area (Å²) < 4.78 is 39.7. The Morgan fingerprint density at radius 1 is 1.08 bits per heavy atom. The lowest BCUT2D eigenvalue weighted by Crippen LogP contribution is -2.23. The molecule has 1 heterocycles. The molecule has 0 fully saturated rings. The third-order valence-electron chi connectivity index (χ3n) is 3.56. The molecule has 1 amide bonds. The number of carbonyl (C=O) groups excluding carboxylic acids is 1. The fraction of sp³-hybridized carbons (Fsp3) is 0.312. The highest BCUT2D eigenvalue weighted by atomic mass is 32.2. The van der Waals surface area contributed by atoms with Gasteiger partial charge in [-0.3, -0.25) is 4.79 Å². The lowest BCUT2D eigenvalue weighted by atomic mass is 10.2. The lowest BCUT2D eigenvalue weighted by molar-refractivity contribution is -0.115. The van der Waals surface area contributed by atoms with Crippen LogP contribution in [-0.4, -0.2) is 21.1 Å². The highest BCUT2D eigenvalue weighted by Crippen LogP contribution is 2.24. The summed E-state index contributed by atoms with van der Waals surface area (Å²) in [4.78, 5) is 20.7. The number of aromatic nitrogens is 2. The van der Waals surface area contributed by atoms with Crippen LogP contribution in [0.2, 0.25) is 0 Å². The molecule has 24 heavy (non-hydrogen) atoms. The van der Waals surface area contributed by atoms with Gasteiger partial charge in [0.25, 0.3) is 0 Å². The van der Waals surface area contributed by atoms with Crippen molar-refractivity contribution in [2.24, 2.45) is 0 Å². The summed E-state index contributed by atoms with van der Waals surface area (Å²) in [6.45, 7) is 7.18. The summed E-state index contributed by atoms with van der Waals surface area (Å²) in [5.41, 5.74) is 2.18. The lowest BCUT2D eigenvalue weighted by Gasteiger charge is -2.13. The molecule has 0 radical (unpaired) electrons. The van der Waals surface area contributed by atoms with Crippen LogP contribution in [0.1, 0.15) is 23.9 Å². The van der Waals surface area contributed by atoms with Crippen LogP contribution in [0.25, 0.3) is 0 Å². The molecular weight excluding hydrogens is 339 g/mol. The Labute approximate surface area is 141 Å². The van der Waals surface area contributed by atoms with Crippen molar-refractivity contribution in [1.82, 2.24) is 9.97 Å². The molecule has 0 spiro atoms. The fourth-order valence-electron chi connectivity index (χ4n) is 1.86. The van der Waals surface area contributed by atoms with Gasteiger partial charge in [-0.25, -0.2) is 23.1 Å². The number of nitrogens with zero attached hydrogens (tertiary/aromatic N) is 2. The second-order valence-electron chi connectivity index (χ2n) is 5.27. The molecule has 2 aromatic rings. The van der Waals surface area contributed by atoms with Crippen molar-refractivity contribution in [1.29, 1.82) is 0 Å². The van der Waals surface area contributed by atoms with E-state index in [0.29, 0.717) is 5.16 Å². The van der Waals surface area contributed by atoms with E-state index >= 15 is 0 Å². The van der Waals surface area contributed by atoms with E-state index in [2.05, 4.69) is 15.3 Å². The highest BCUT2D eigenvalue weighted by molar-refractivity contribution is 8.00. The van der Waals surface area contributed by atoms with E-state index in [0.717, 1.165) is 40.8 Å². The maximum atomic E-state index is 13.6. The molecule has 2 rings (SSSR count). The zero-order chi connectivity index (χ0) is 18.0. The van der Waals surface area contributed by atoms with Gasteiger partial charge in [0.15, 0.2) is 22.6 Å². The van der Waals surface area contributed by atoms with E-state index < -0.39 is 34.3 Å². The zero-order valence-corrected chi connectivity index (χ0v) is 14.4. The smallest absolute Gasteiger partial charge is 0.237 e. The number of aryl methyl sites for hydroxylation is 2. The minimum absolute atomic E-state index is 0.413. The number of thioether (sulfide) groups is 1. The molecule has 0 aliphatic carbocycles. The van der Waals surface area contributed by atoms with Gasteiger partial charge in [0.1, 0.15) is 0 Å². The van der Waals surface area contributed by atoms with E-state index in [9.17, 15) is 18.0 Å². The van der Waals surface area contributed by atoms with E-state index in [1.54, 1.807) is 6.92 Å². The summed E-state index contributed by atoms with van der Waals surface area (Å²) in [5, 5.41) is 2.01. The number of hydrogen-bond donors (Lipinski definition) is 1. The van der Waals surface area contributed by atoms with Crippen molar-refractivity contribution in [3.63, 3.8) is 0 Å². The number of nitrogens with one attached hydrogen (secondary N) is 1. The molecule has 8 heteroatoms. The second-order valence-corrected chi connectivity index (χ2v) is 6.58. The molecule has 1 N–H and O–H groups in total. The summed E-state index contributed by atoms with van der Waals surface area (Å²) >= 11 is 1.10. The molecule has 1 atom stereocenters. The Bertz CT molecular complexity index is 775. The van der Waals surface area contributed by atoms with Crippen molar-refractivity contribution in [2.45, 2.75) is 38.1 Å². The summed E-state index contributed by atoms with van der Waals surface area (Å²) in [7, 11) is 0. The Balaban J connectivity index is 2.12. The number of carbonyl (C=O) groups is 1. The SMILES string of the molecule is Cc1nc(S[C@@H](C)C(=O)Nc2ccc(F)c(F)c2F)nc(C)c1C. The molecule has 0 saturated carbocycles. The molecule has 4 nitrogen and oxygen atoms in total. The molecular formula is C16H16F3N3OS. The first-order valence-electron chi connectivity index (χ1n) is 7.13. The first-order chi connectivity index (χ1) is 11.2. The highest BCUT2D eigenvalue weighted by Gasteiger charge is 2.20. The molecule has 128 valence electrons. The van der Waals surface area contributed by atoms with Crippen molar-refractivity contribution in [3.8, 4) is 0 Å². The van der Waals surface area contributed by atoms with Gasteiger partial charge in [-0.05, 0) is 45.4 Å². The molecule has 1 aromatic carbocycles. The standard InChI is InChI=1S/C16H16F3N3OS/c1-7-8(2)20-16(21-9(7)3)24-10(4)15(23)22-12-6-5-11(17)13(18)14(12)19/h5-6,10H,1-4H3,(H,22,23)/t10-/m0/s1. The molecule has 1 aromatic heterocycles. The first-order valence-corrected chi connectivity index (χ1v) is 8.01. The molecule has 0 aliphatic heterocycles. The van der Waals surface area contributed by atoms with Crippen LogP contribution >= 0.6 is 11.8 Å². The number of hydrogen-bond acceptors (Lipinski definition) is 4. The van der Waals surface area contributed by atoms with Gasteiger partial charge in [0, 0.05) is 11.4 Å². The fourth-order valence-corrected chi connectivity index (χ4v) is 2.72. The predicted octanol–water partition coefficient (Wildman–Crippen LogP) is 3.94. The zero-order valence-electron chi connectivity index (χ0n) is 13.6. The van der Waals surface area contributed by atoms with E-state index in [-0.39, 0.29) is 0 Å². The largest absolute Gasteiger partial charge is 0.323 e. The van der Waals surface area contributed by atoms with Crippen LogP contribution < -0.4 is 5.32 Å². The number of amides is 1. The van der Waals surface area contributed by atoms with Crippen LogP contribution in [0.5, 0.6) is 0 Å². The van der Waals surface area contributed by atoms with E-state index in [4.69, 9.17) is 0 Å². The summed E-state index contributed by atoms with van der Waals surface area (Å²) in [5.74, 6) is -4.93. The summed E-state index contributed by atoms with van der Waals surface area (Å²) in [6.07, 6.45) is 0. The van der Waals surface area contributed by atoms with Crippen LogP contribution in [0.3, 0.4) is 0 Å². The Morgan fingerprint density at radius 2 is 1.67 bits per heavy atom. The van der Waals surface area contributed by atoms with Gasteiger partial charge in [-0.1, -0.05) is 11.8 Å². The van der Waals surface area contributed by atoms with Gasteiger partial charge in [0.05, 0.1) is 10.9 Å². The molecule has 0 saturated heterocycles. The predicted molar refractivity (Wildman–Crippen MR) is 86.5 cm³/mol. The van der Waals surface area contributed by atoms with E-state index in [1.807, 2.05) is 20.8 Å². The third kappa shape index (κ3) is 3.87. The van der Waals surface area contributed by atoms with Crippen LogP contribution in [0.4, 0.5) is 18.9 Å². The number of halogens is 3. The molecule has 0 unspecified atom stereocenters. The van der Waals surface area contributed by atoms with Crippen LogP contribution in [0.15, 0.2) is 17.3 Å². The van der Waals surface area contributed by atoms with Gasteiger partial charge in [-0.15, -0.1) is 0 Å². The average molecular weight is 355 g/mol. The Kier molecular flexibility index (Phi) is 5.48. The monoisotopic (exact) mass is 355 g/mol. The number of benzene rings is 1.